The number of hydrogen-bond acceptors (Lipinski definition) is 3. The second-order valence-electron chi connectivity index (χ2n) is 4.82. The molecule has 1 aromatic carbocycles. The molecule has 1 amide bonds. The van der Waals surface area contributed by atoms with Gasteiger partial charge in [-0.2, -0.15) is 5.10 Å². The van der Waals surface area contributed by atoms with Crippen LogP contribution in [0.4, 0.5) is 8.78 Å². The lowest BCUT2D eigenvalue weighted by Crippen LogP contribution is -2.28. The quantitative estimate of drug-likeness (QED) is 0.778. The maximum absolute atomic E-state index is 13.5. The van der Waals surface area contributed by atoms with Crippen LogP contribution in [0.1, 0.15) is 10.4 Å². The largest absolute Gasteiger partial charge is 0.350 e. The van der Waals surface area contributed by atoms with E-state index in [2.05, 4.69) is 10.4 Å². The zero-order valence-corrected chi connectivity index (χ0v) is 12.8. The van der Waals surface area contributed by atoms with Crippen molar-refractivity contribution in [3.05, 3.63) is 65.2 Å². The summed E-state index contributed by atoms with van der Waals surface area (Å²) in [6.45, 7) is 0.751. The van der Waals surface area contributed by atoms with Gasteiger partial charge < -0.3 is 5.32 Å². The predicted molar refractivity (Wildman–Crippen MR) is 84.2 cm³/mol. The molecule has 0 aliphatic heterocycles. The summed E-state index contributed by atoms with van der Waals surface area (Å²) < 4.78 is 28.0. The van der Waals surface area contributed by atoms with Crippen molar-refractivity contribution in [2.24, 2.45) is 0 Å². The van der Waals surface area contributed by atoms with E-state index in [-0.39, 0.29) is 5.56 Å². The molecule has 0 radical (unpaired) electrons. The van der Waals surface area contributed by atoms with Crippen LogP contribution in [0.15, 0.2) is 48.0 Å². The Kier molecular flexibility index (Phi) is 4.47. The first-order valence-corrected chi connectivity index (χ1v) is 7.82. The number of nitrogens with one attached hydrogen (secondary N) is 1. The second-order valence-corrected chi connectivity index (χ2v) is 5.77. The van der Waals surface area contributed by atoms with Gasteiger partial charge in [-0.05, 0) is 29.6 Å². The van der Waals surface area contributed by atoms with E-state index in [0.29, 0.717) is 19.2 Å². The normalized spacial score (nSPS) is 10.7. The van der Waals surface area contributed by atoms with Gasteiger partial charge in [-0.1, -0.05) is 6.07 Å². The van der Waals surface area contributed by atoms with Crippen LogP contribution in [0.2, 0.25) is 0 Å². The first-order chi connectivity index (χ1) is 11.1. The molecule has 0 spiro atoms. The number of aromatic nitrogens is 2. The fraction of sp³-hybridized carbons (Fsp3) is 0.125. The molecule has 0 saturated heterocycles. The highest BCUT2D eigenvalue weighted by Gasteiger charge is 2.12. The average Bonchev–Trinajstić information content (AvgIpc) is 3.18. The van der Waals surface area contributed by atoms with E-state index < -0.39 is 17.5 Å². The summed E-state index contributed by atoms with van der Waals surface area (Å²) in [5.41, 5.74) is 0.696. The van der Waals surface area contributed by atoms with Gasteiger partial charge in [0.25, 0.3) is 5.91 Å². The number of thiophene rings is 1. The molecule has 2 aromatic heterocycles. The number of halogens is 2. The number of carbonyl (C=O) groups excluding carboxylic acids is 1. The molecule has 0 unspecified atom stereocenters. The van der Waals surface area contributed by atoms with Gasteiger partial charge in [0.15, 0.2) is 0 Å². The van der Waals surface area contributed by atoms with Gasteiger partial charge in [0.05, 0.1) is 17.0 Å². The van der Waals surface area contributed by atoms with Crippen molar-refractivity contribution in [2.45, 2.75) is 6.54 Å². The SMILES string of the molecule is O=C(NCCn1ccc(-c2cccs2)n1)c1ccc(F)cc1F. The summed E-state index contributed by atoms with van der Waals surface area (Å²) in [6, 6.07) is 8.71. The van der Waals surface area contributed by atoms with E-state index in [4.69, 9.17) is 0 Å². The molecule has 3 aromatic rings. The van der Waals surface area contributed by atoms with E-state index in [1.165, 1.54) is 0 Å². The van der Waals surface area contributed by atoms with Crippen molar-refractivity contribution in [1.82, 2.24) is 15.1 Å². The van der Waals surface area contributed by atoms with Crippen LogP contribution in [0.3, 0.4) is 0 Å². The molecular formula is C16H13F2N3OS. The number of amides is 1. The number of nitrogens with zero attached hydrogens (tertiary/aromatic N) is 2. The molecule has 2 heterocycles. The highest BCUT2D eigenvalue weighted by atomic mass is 32.1. The highest BCUT2D eigenvalue weighted by Crippen LogP contribution is 2.22. The zero-order chi connectivity index (χ0) is 16.2. The van der Waals surface area contributed by atoms with Crippen LogP contribution in [0.5, 0.6) is 0 Å². The summed E-state index contributed by atoms with van der Waals surface area (Å²) in [5, 5.41) is 8.97. The Balaban J connectivity index is 1.56. The molecule has 1 N–H and O–H groups in total. The number of rotatable bonds is 5. The van der Waals surface area contributed by atoms with E-state index >= 15 is 0 Å². The van der Waals surface area contributed by atoms with Crippen LogP contribution in [-0.2, 0) is 6.54 Å². The molecular weight excluding hydrogens is 320 g/mol. The Hall–Kier alpha value is -2.54. The third-order valence-electron chi connectivity index (χ3n) is 3.22. The Bertz CT molecular complexity index is 815. The fourth-order valence-corrected chi connectivity index (χ4v) is 2.79. The van der Waals surface area contributed by atoms with Crippen molar-refractivity contribution < 1.29 is 13.6 Å². The molecule has 0 fully saturated rings. The highest BCUT2D eigenvalue weighted by molar-refractivity contribution is 7.13. The monoisotopic (exact) mass is 333 g/mol. The second kappa shape index (κ2) is 6.70. The molecule has 0 saturated carbocycles. The summed E-state index contributed by atoms with van der Waals surface area (Å²) in [4.78, 5) is 12.9. The van der Waals surface area contributed by atoms with Crippen LogP contribution in [0, 0.1) is 11.6 Å². The van der Waals surface area contributed by atoms with Crippen LogP contribution >= 0.6 is 11.3 Å². The van der Waals surface area contributed by atoms with Crippen molar-refractivity contribution in [3.8, 4) is 10.6 Å². The first-order valence-electron chi connectivity index (χ1n) is 6.94. The Morgan fingerprint density at radius 1 is 1.26 bits per heavy atom. The Labute approximate surface area is 135 Å². The molecule has 0 bridgehead atoms. The molecule has 0 aliphatic carbocycles. The lowest BCUT2D eigenvalue weighted by atomic mass is 10.2. The van der Waals surface area contributed by atoms with Crippen LogP contribution in [-0.4, -0.2) is 22.2 Å². The number of carbonyl (C=O) groups is 1. The van der Waals surface area contributed by atoms with Gasteiger partial charge in [-0.25, -0.2) is 8.78 Å². The standard InChI is InChI=1S/C16H13F2N3OS/c17-11-3-4-12(13(18)10-11)16(22)19-6-8-21-7-5-14(20-21)15-2-1-9-23-15/h1-5,7,9-10H,6,8H2,(H,19,22). The minimum absolute atomic E-state index is 0.175. The molecule has 118 valence electrons. The summed E-state index contributed by atoms with van der Waals surface area (Å²) in [6.07, 6.45) is 1.82. The van der Waals surface area contributed by atoms with Gasteiger partial charge in [0.1, 0.15) is 17.3 Å². The van der Waals surface area contributed by atoms with Gasteiger partial charge in [0, 0.05) is 18.8 Å². The molecule has 4 nitrogen and oxygen atoms in total. The third-order valence-corrected chi connectivity index (χ3v) is 4.11. The van der Waals surface area contributed by atoms with E-state index in [0.717, 1.165) is 22.7 Å². The minimum atomic E-state index is -0.874. The third kappa shape index (κ3) is 3.62. The lowest BCUT2D eigenvalue weighted by Gasteiger charge is -2.06. The lowest BCUT2D eigenvalue weighted by molar-refractivity contribution is 0.0948. The average molecular weight is 333 g/mol. The van der Waals surface area contributed by atoms with Crippen molar-refractivity contribution in [1.29, 1.82) is 0 Å². The van der Waals surface area contributed by atoms with Gasteiger partial charge in [-0.3, -0.25) is 9.48 Å². The molecule has 0 aliphatic rings. The fourth-order valence-electron chi connectivity index (χ4n) is 2.09. The minimum Gasteiger partial charge on any atom is -0.350 e. The van der Waals surface area contributed by atoms with Crippen LogP contribution < -0.4 is 5.32 Å². The van der Waals surface area contributed by atoms with Gasteiger partial charge in [-0.15, -0.1) is 11.3 Å². The topological polar surface area (TPSA) is 46.9 Å². The van der Waals surface area contributed by atoms with E-state index in [1.54, 1.807) is 16.0 Å². The molecule has 3 rings (SSSR count). The number of hydrogen-bond donors (Lipinski definition) is 1. The summed E-state index contributed by atoms with van der Waals surface area (Å²) in [5.74, 6) is -2.16. The van der Waals surface area contributed by atoms with Crippen LogP contribution in [0.25, 0.3) is 10.6 Å². The first kappa shape index (κ1) is 15.4. The molecule has 7 heteroatoms. The Morgan fingerprint density at radius 2 is 2.13 bits per heavy atom. The number of benzene rings is 1. The smallest absolute Gasteiger partial charge is 0.254 e. The van der Waals surface area contributed by atoms with Gasteiger partial charge >= 0.3 is 0 Å². The van der Waals surface area contributed by atoms with Crippen molar-refractivity contribution in [3.63, 3.8) is 0 Å². The van der Waals surface area contributed by atoms with Crippen molar-refractivity contribution >= 4 is 17.2 Å². The van der Waals surface area contributed by atoms with Gasteiger partial charge in [0.2, 0.25) is 0 Å². The van der Waals surface area contributed by atoms with E-state index in [1.807, 2.05) is 29.8 Å². The maximum atomic E-state index is 13.5. The van der Waals surface area contributed by atoms with E-state index in [9.17, 15) is 13.6 Å². The molecule has 0 atom stereocenters. The summed E-state index contributed by atoms with van der Waals surface area (Å²) >= 11 is 1.60. The molecule has 23 heavy (non-hydrogen) atoms. The Morgan fingerprint density at radius 3 is 2.87 bits per heavy atom. The predicted octanol–water partition coefficient (Wildman–Crippen LogP) is 3.32. The zero-order valence-electron chi connectivity index (χ0n) is 12.0. The maximum Gasteiger partial charge on any atom is 0.254 e. The summed E-state index contributed by atoms with van der Waals surface area (Å²) in [7, 11) is 0. The van der Waals surface area contributed by atoms with Crippen molar-refractivity contribution in [2.75, 3.05) is 6.54 Å².